The fraction of sp³-hybridized carbons (Fsp3) is 0.458. The normalized spacial score (nSPS) is 18.6. The van der Waals surface area contributed by atoms with Gasteiger partial charge in [0.2, 0.25) is 15.9 Å². The van der Waals surface area contributed by atoms with Crippen molar-refractivity contribution in [2.75, 3.05) is 31.3 Å². The Kier molecular flexibility index (Phi) is 8.46. The molecule has 0 bridgehead atoms. The molecule has 2 amide bonds. The van der Waals surface area contributed by atoms with Crippen LogP contribution in [0.15, 0.2) is 23.6 Å². The summed E-state index contributed by atoms with van der Waals surface area (Å²) in [4.78, 5) is 28.5. The number of carbonyl (C=O) groups excluding carboxylic acids is 2. The van der Waals surface area contributed by atoms with Crippen LogP contribution in [0.4, 0.5) is 9.80 Å². The summed E-state index contributed by atoms with van der Waals surface area (Å²) >= 11 is 2.95. The molecule has 0 saturated carbocycles. The van der Waals surface area contributed by atoms with Gasteiger partial charge in [0.1, 0.15) is 11.1 Å². The van der Waals surface area contributed by atoms with Crippen LogP contribution in [0.3, 0.4) is 0 Å². The zero-order chi connectivity index (χ0) is 25.7. The number of nitrogens with one attached hydrogen (secondary N) is 2. The first-order valence-corrected chi connectivity index (χ1v) is 15.3. The zero-order valence-corrected chi connectivity index (χ0v) is 22.3. The number of thiophene rings is 2. The maximum Gasteiger partial charge on any atom is 0.409 e. The number of carbonyl (C=O) groups is 2. The second-order valence-electron chi connectivity index (χ2n) is 8.99. The third-order valence-electron chi connectivity index (χ3n) is 6.23. The molecular formula is C24H28N4O5S3. The van der Waals surface area contributed by atoms with Crippen LogP contribution >= 0.6 is 22.7 Å². The lowest BCUT2D eigenvalue weighted by molar-refractivity contribution is -0.111. The topological polar surface area (TPSA) is 129 Å². The Morgan fingerprint density at radius 2 is 2.08 bits per heavy atom. The number of anilines is 1. The maximum atomic E-state index is 12.5. The van der Waals surface area contributed by atoms with E-state index in [1.165, 1.54) is 28.7 Å². The Labute approximate surface area is 218 Å². The molecule has 1 saturated heterocycles. The molecule has 0 radical (unpaired) electrons. The van der Waals surface area contributed by atoms with E-state index in [0.717, 1.165) is 28.0 Å². The van der Waals surface area contributed by atoms with Crippen LogP contribution < -0.4 is 10.0 Å². The van der Waals surface area contributed by atoms with Gasteiger partial charge in [-0.15, -0.1) is 22.7 Å². The van der Waals surface area contributed by atoms with Crippen molar-refractivity contribution in [2.24, 2.45) is 5.92 Å². The van der Waals surface area contributed by atoms with E-state index in [1.807, 2.05) is 17.5 Å². The minimum Gasteiger partial charge on any atom is -0.449 e. The minimum atomic E-state index is -3.26. The molecule has 9 nitrogen and oxygen atoms in total. The molecule has 1 atom stereocenters. The van der Waals surface area contributed by atoms with Crippen molar-refractivity contribution in [3.05, 3.63) is 44.5 Å². The largest absolute Gasteiger partial charge is 0.449 e. The molecule has 2 aliphatic rings. The number of nitriles is 1. The first-order valence-electron chi connectivity index (χ1n) is 11.7. The van der Waals surface area contributed by atoms with Crippen LogP contribution in [0.1, 0.15) is 40.1 Å². The van der Waals surface area contributed by atoms with Crippen LogP contribution in [0.5, 0.6) is 0 Å². The van der Waals surface area contributed by atoms with E-state index in [2.05, 4.69) is 16.1 Å². The summed E-state index contributed by atoms with van der Waals surface area (Å²) in [6.45, 7) is 1.17. The summed E-state index contributed by atoms with van der Waals surface area (Å²) in [6.07, 6.45) is 7.24. The fourth-order valence-electron chi connectivity index (χ4n) is 4.46. The van der Waals surface area contributed by atoms with Crippen LogP contribution in [-0.2, 0) is 32.4 Å². The number of rotatable bonds is 7. The molecule has 0 spiro atoms. The zero-order valence-electron chi connectivity index (χ0n) is 19.9. The van der Waals surface area contributed by atoms with Gasteiger partial charge in [-0.2, -0.15) is 5.26 Å². The SMILES string of the molecule is CS(=O)(=O)NC1CCN(C(=O)OCC2CCc3c(sc(NC(=O)C=Cc4cccs4)c3C#N)C2)CC1. The van der Waals surface area contributed by atoms with Gasteiger partial charge in [0.15, 0.2) is 0 Å². The number of sulfonamides is 1. The molecule has 1 aliphatic heterocycles. The van der Waals surface area contributed by atoms with E-state index < -0.39 is 10.0 Å². The van der Waals surface area contributed by atoms with Gasteiger partial charge < -0.3 is 15.0 Å². The first kappa shape index (κ1) is 26.3. The summed E-state index contributed by atoms with van der Waals surface area (Å²) in [5.41, 5.74) is 1.50. The van der Waals surface area contributed by atoms with Gasteiger partial charge in [-0.3, -0.25) is 4.79 Å². The van der Waals surface area contributed by atoms with Gasteiger partial charge in [0.25, 0.3) is 0 Å². The Balaban J connectivity index is 1.28. The lowest BCUT2D eigenvalue weighted by atomic mass is 9.88. The van der Waals surface area contributed by atoms with Crippen LogP contribution in [0.25, 0.3) is 6.08 Å². The van der Waals surface area contributed by atoms with Crippen molar-refractivity contribution in [1.29, 1.82) is 5.26 Å². The van der Waals surface area contributed by atoms with Crippen LogP contribution in [-0.4, -0.2) is 57.3 Å². The third kappa shape index (κ3) is 6.94. The molecular weight excluding hydrogens is 520 g/mol. The summed E-state index contributed by atoms with van der Waals surface area (Å²) in [5.74, 6) is -0.141. The Morgan fingerprint density at radius 1 is 1.31 bits per heavy atom. The second kappa shape index (κ2) is 11.6. The van der Waals surface area contributed by atoms with E-state index in [0.29, 0.717) is 49.3 Å². The molecule has 2 aromatic rings. The van der Waals surface area contributed by atoms with E-state index >= 15 is 0 Å². The average Bonchev–Trinajstić information content (AvgIpc) is 3.47. The van der Waals surface area contributed by atoms with Gasteiger partial charge in [0, 0.05) is 35.0 Å². The average molecular weight is 549 g/mol. The number of hydrogen-bond donors (Lipinski definition) is 2. The quantitative estimate of drug-likeness (QED) is 0.509. The maximum absolute atomic E-state index is 12.5. The van der Waals surface area contributed by atoms with Gasteiger partial charge in [0.05, 0.1) is 18.4 Å². The van der Waals surface area contributed by atoms with Crippen molar-refractivity contribution >= 4 is 55.8 Å². The minimum absolute atomic E-state index is 0.137. The molecule has 1 fully saturated rings. The van der Waals surface area contributed by atoms with Crippen molar-refractivity contribution in [2.45, 2.75) is 38.1 Å². The smallest absolute Gasteiger partial charge is 0.409 e. The molecule has 1 unspecified atom stereocenters. The molecule has 3 heterocycles. The molecule has 0 aromatic carbocycles. The van der Waals surface area contributed by atoms with Gasteiger partial charge >= 0.3 is 6.09 Å². The van der Waals surface area contributed by atoms with E-state index in [1.54, 1.807) is 11.0 Å². The summed E-state index contributed by atoms with van der Waals surface area (Å²) in [5, 5.41) is 15.0. The molecule has 192 valence electrons. The van der Waals surface area contributed by atoms with Crippen molar-refractivity contribution in [1.82, 2.24) is 9.62 Å². The summed E-state index contributed by atoms with van der Waals surface area (Å²) in [7, 11) is -3.26. The highest BCUT2D eigenvalue weighted by Gasteiger charge is 2.29. The Morgan fingerprint density at radius 3 is 2.75 bits per heavy atom. The lowest BCUT2D eigenvalue weighted by Gasteiger charge is -2.32. The van der Waals surface area contributed by atoms with E-state index in [-0.39, 0.29) is 30.6 Å². The van der Waals surface area contributed by atoms with Crippen molar-refractivity contribution < 1.29 is 22.7 Å². The van der Waals surface area contributed by atoms with Gasteiger partial charge in [-0.05, 0) is 61.1 Å². The fourth-order valence-corrected chi connectivity index (χ4v) is 7.24. The van der Waals surface area contributed by atoms with Crippen molar-refractivity contribution in [3.63, 3.8) is 0 Å². The van der Waals surface area contributed by atoms with Gasteiger partial charge in [-0.25, -0.2) is 17.9 Å². The van der Waals surface area contributed by atoms with Crippen molar-refractivity contribution in [3.8, 4) is 6.07 Å². The molecule has 2 N–H and O–H groups in total. The highest BCUT2D eigenvalue weighted by molar-refractivity contribution is 7.88. The second-order valence-corrected chi connectivity index (χ2v) is 12.9. The monoisotopic (exact) mass is 548 g/mol. The summed E-state index contributed by atoms with van der Waals surface area (Å²) < 4.78 is 30.9. The Bertz CT molecular complexity index is 1270. The number of hydrogen-bond acceptors (Lipinski definition) is 8. The standard InChI is InChI=1S/C24H28N4O5S3/c1-36(31,32)27-17-8-10-28(11-9-17)24(30)33-15-16-4-6-19-20(14-25)23(35-21(19)13-16)26-22(29)7-5-18-3-2-12-34-18/h2-3,5,7,12,16-17,27H,4,6,8-11,13,15H2,1H3,(H,26,29). The highest BCUT2D eigenvalue weighted by Crippen LogP contribution is 2.39. The molecule has 2 aromatic heterocycles. The third-order valence-corrected chi connectivity index (χ3v) is 9.00. The molecule has 12 heteroatoms. The predicted molar refractivity (Wildman–Crippen MR) is 140 cm³/mol. The number of nitrogens with zero attached hydrogens (tertiary/aromatic N) is 2. The van der Waals surface area contributed by atoms with Crippen LogP contribution in [0, 0.1) is 17.2 Å². The molecule has 4 rings (SSSR count). The number of likely N-dealkylation sites (tertiary alicyclic amines) is 1. The first-order chi connectivity index (χ1) is 17.2. The predicted octanol–water partition coefficient (Wildman–Crippen LogP) is 3.59. The Hall–Kier alpha value is -2.72. The number of amides is 2. The summed E-state index contributed by atoms with van der Waals surface area (Å²) in [6, 6.07) is 5.92. The molecule has 1 aliphatic carbocycles. The van der Waals surface area contributed by atoms with Gasteiger partial charge in [-0.1, -0.05) is 6.07 Å². The number of piperidine rings is 1. The number of ether oxygens (including phenoxy) is 1. The molecule has 36 heavy (non-hydrogen) atoms. The highest BCUT2D eigenvalue weighted by atomic mass is 32.2. The number of fused-ring (bicyclic) bond motifs is 1. The van der Waals surface area contributed by atoms with E-state index in [4.69, 9.17) is 4.74 Å². The van der Waals surface area contributed by atoms with Crippen LogP contribution in [0.2, 0.25) is 0 Å². The van der Waals surface area contributed by atoms with E-state index in [9.17, 15) is 23.3 Å². The lowest BCUT2D eigenvalue weighted by Crippen LogP contribution is -2.46.